The largest absolute Gasteiger partial charge is 0.373 e. The quantitative estimate of drug-likeness (QED) is 0.799. The molecule has 2 atom stereocenters. The van der Waals surface area contributed by atoms with Gasteiger partial charge in [0.2, 0.25) is 0 Å². The second-order valence-corrected chi connectivity index (χ2v) is 4.10. The minimum absolute atomic E-state index is 0.00182. The number of methoxy groups -OCH3 is 1. The van der Waals surface area contributed by atoms with Crippen LogP contribution < -0.4 is 5.73 Å². The summed E-state index contributed by atoms with van der Waals surface area (Å²) in [6.07, 6.45) is 4.55. The third-order valence-electron chi connectivity index (χ3n) is 2.39. The molecule has 0 bridgehead atoms. The normalized spacial score (nSPS) is 14.8. The number of ether oxygens (including phenoxy) is 1. The van der Waals surface area contributed by atoms with Crippen LogP contribution in [-0.2, 0) is 11.2 Å². The Labute approximate surface area is 97.2 Å². The zero-order valence-corrected chi connectivity index (χ0v) is 10.3. The minimum Gasteiger partial charge on any atom is -0.373 e. The first-order valence-electron chi connectivity index (χ1n) is 5.77. The Hall–Kier alpha value is -1.00. The Morgan fingerprint density at radius 3 is 2.81 bits per heavy atom. The Balaban J connectivity index is 2.79. The molecule has 0 saturated heterocycles. The fraction of sp³-hybridized carbons (Fsp3) is 0.667. The van der Waals surface area contributed by atoms with E-state index in [-0.39, 0.29) is 12.1 Å². The lowest BCUT2D eigenvalue weighted by Gasteiger charge is -2.13. The molecule has 1 aromatic rings. The van der Waals surface area contributed by atoms with Crippen LogP contribution in [0.3, 0.4) is 0 Å². The highest BCUT2D eigenvalue weighted by Gasteiger charge is 2.13. The van der Waals surface area contributed by atoms with Crippen LogP contribution in [0.2, 0.25) is 0 Å². The van der Waals surface area contributed by atoms with Gasteiger partial charge in [-0.2, -0.15) is 0 Å². The molecule has 16 heavy (non-hydrogen) atoms. The minimum atomic E-state index is -0.00182. The van der Waals surface area contributed by atoms with Crippen LogP contribution in [0.4, 0.5) is 0 Å². The SMILES string of the molecule is CCCC(OC)c1nccc(CC(C)N)n1. The number of nitrogens with two attached hydrogens (primary N) is 1. The van der Waals surface area contributed by atoms with Crippen molar-refractivity contribution in [3.05, 3.63) is 23.8 Å². The fourth-order valence-corrected chi connectivity index (χ4v) is 1.63. The van der Waals surface area contributed by atoms with E-state index in [0.29, 0.717) is 0 Å². The molecule has 0 aliphatic rings. The van der Waals surface area contributed by atoms with E-state index in [1.165, 1.54) is 0 Å². The van der Waals surface area contributed by atoms with Crippen molar-refractivity contribution >= 4 is 0 Å². The van der Waals surface area contributed by atoms with Crippen molar-refractivity contribution < 1.29 is 4.74 Å². The zero-order valence-electron chi connectivity index (χ0n) is 10.3. The van der Waals surface area contributed by atoms with Gasteiger partial charge in [0.15, 0.2) is 5.82 Å². The molecule has 1 aromatic heterocycles. The van der Waals surface area contributed by atoms with Gasteiger partial charge < -0.3 is 10.5 Å². The van der Waals surface area contributed by atoms with Gasteiger partial charge in [-0.15, -0.1) is 0 Å². The summed E-state index contributed by atoms with van der Waals surface area (Å²) in [6, 6.07) is 2.03. The van der Waals surface area contributed by atoms with E-state index in [2.05, 4.69) is 16.9 Å². The Kier molecular flexibility index (Phi) is 5.35. The van der Waals surface area contributed by atoms with Crippen molar-refractivity contribution in [2.75, 3.05) is 7.11 Å². The van der Waals surface area contributed by atoms with Crippen LogP contribution in [0.25, 0.3) is 0 Å². The van der Waals surface area contributed by atoms with E-state index < -0.39 is 0 Å². The second-order valence-electron chi connectivity index (χ2n) is 4.10. The van der Waals surface area contributed by atoms with Crippen molar-refractivity contribution in [2.24, 2.45) is 5.73 Å². The van der Waals surface area contributed by atoms with E-state index in [9.17, 15) is 0 Å². The number of nitrogens with zero attached hydrogens (tertiary/aromatic N) is 2. The summed E-state index contributed by atoms with van der Waals surface area (Å²) >= 11 is 0. The van der Waals surface area contributed by atoms with E-state index in [1.54, 1.807) is 13.3 Å². The summed E-state index contributed by atoms with van der Waals surface area (Å²) in [4.78, 5) is 8.75. The van der Waals surface area contributed by atoms with Crippen LogP contribution >= 0.6 is 0 Å². The van der Waals surface area contributed by atoms with Gasteiger partial charge in [-0.25, -0.2) is 9.97 Å². The average Bonchev–Trinajstić information content (AvgIpc) is 2.25. The van der Waals surface area contributed by atoms with E-state index in [4.69, 9.17) is 10.5 Å². The van der Waals surface area contributed by atoms with Crippen molar-refractivity contribution in [3.63, 3.8) is 0 Å². The van der Waals surface area contributed by atoms with Gasteiger partial charge in [-0.3, -0.25) is 0 Å². The second kappa shape index (κ2) is 6.55. The van der Waals surface area contributed by atoms with Crippen LogP contribution in [-0.4, -0.2) is 23.1 Å². The number of hydrogen-bond donors (Lipinski definition) is 1. The molecule has 0 saturated carbocycles. The Morgan fingerprint density at radius 1 is 1.50 bits per heavy atom. The first-order valence-corrected chi connectivity index (χ1v) is 5.77. The molecule has 0 fully saturated rings. The standard InChI is InChI=1S/C12H21N3O/c1-4-5-11(16-3)12-14-7-6-10(15-12)8-9(2)13/h6-7,9,11H,4-5,8,13H2,1-3H3. The smallest absolute Gasteiger partial charge is 0.157 e. The third-order valence-corrected chi connectivity index (χ3v) is 2.39. The van der Waals surface area contributed by atoms with E-state index in [0.717, 1.165) is 30.8 Å². The molecule has 0 spiro atoms. The predicted molar refractivity (Wildman–Crippen MR) is 64.0 cm³/mol. The lowest BCUT2D eigenvalue weighted by atomic mass is 10.1. The molecule has 4 heteroatoms. The fourth-order valence-electron chi connectivity index (χ4n) is 1.63. The van der Waals surface area contributed by atoms with Crippen LogP contribution in [0.15, 0.2) is 12.3 Å². The van der Waals surface area contributed by atoms with Gasteiger partial charge in [0, 0.05) is 31.5 Å². The number of hydrogen-bond acceptors (Lipinski definition) is 4. The maximum atomic E-state index is 5.75. The molecule has 2 N–H and O–H groups in total. The molecular weight excluding hydrogens is 202 g/mol. The highest BCUT2D eigenvalue weighted by atomic mass is 16.5. The molecule has 0 amide bonds. The van der Waals surface area contributed by atoms with Crippen LogP contribution in [0.1, 0.15) is 44.3 Å². The first kappa shape index (κ1) is 13.1. The van der Waals surface area contributed by atoms with Gasteiger partial charge in [-0.1, -0.05) is 13.3 Å². The molecule has 4 nitrogen and oxygen atoms in total. The lowest BCUT2D eigenvalue weighted by Crippen LogP contribution is -2.19. The maximum absolute atomic E-state index is 5.75. The number of aromatic nitrogens is 2. The zero-order chi connectivity index (χ0) is 12.0. The Morgan fingerprint density at radius 2 is 2.25 bits per heavy atom. The van der Waals surface area contributed by atoms with Crippen molar-refractivity contribution in [3.8, 4) is 0 Å². The number of rotatable bonds is 6. The molecule has 0 aliphatic heterocycles. The predicted octanol–water partition coefficient (Wildman–Crippen LogP) is 1.85. The monoisotopic (exact) mass is 223 g/mol. The molecule has 1 rings (SSSR count). The van der Waals surface area contributed by atoms with Gasteiger partial charge in [0.05, 0.1) is 0 Å². The summed E-state index contributed by atoms with van der Waals surface area (Å²) in [5.74, 6) is 0.766. The van der Waals surface area contributed by atoms with Gasteiger partial charge >= 0.3 is 0 Å². The maximum Gasteiger partial charge on any atom is 0.157 e. The highest BCUT2D eigenvalue weighted by molar-refractivity contribution is 5.05. The summed E-state index contributed by atoms with van der Waals surface area (Å²) in [5.41, 5.74) is 6.73. The van der Waals surface area contributed by atoms with E-state index in [1.807, 2.05) is 13.0 Å². The van der Waals surface area contributed by atoms with Crippen molar-refractivity contribution in [2.45, 2.75) is 45.3 Å². The van der Waals surface area contributed by atoms with Gasteiger partial charge in [-0.05, 0) is 19.4 Å². The summed E-state index contributed by atoms with van der Waals surface area (Å²) in [7, 11) is 1.70. The summed E-state index contributed by atoms with van der Waals surface area (Å²) in [5, 5.41) is 0. The molecule has 0 aromatic carbocycles. The van der Waals surface area contributed by atoms with E-state index >= 15 is 0 Å². The lowest BCUT2D eigenvalue weighted by molar-refractivity contribution is 0.0874. The molecule has 0 aliphatic carbocycles. The van der Waals surface area contributed by atoms with Crippen molar-refractivity contribution in [1.82, 2.24) is 9.97 Å². The molecule has 1 heterocycles. The molecular formula is C12H21N3O. The summed E-state index contributed by atoms with van der Waals surface area (Å²) in [6.45, 7) is 4.10. The van der Waals surface area contributed by atoms with Gasteiger partial charge in [0.1, 0.15) is 6.10 Å². The van der Waals surface area contributed by atoms with Crippen molar-refractivity contribution in [1.29, 1.82) is 0 Å². The highest BCUT2D eigenvalue weighted by Crippen LogP contribution is 2.18. The average molecular weight is 223 g/mol. The van der Waals surface area contributed by atoms with Gasteiger partial charge in [0.25, 0.3) is 0 Å². The third kappa shape index (κ3) is 3.87. The molecule has 2 unspecified atom stereocenters. The van der Waals surface area contributed by atoms with Crippen LogP contribution in [0.5, 0.6) is 0 Å². The summed E-state index contributed by atoms with van der Waals surface area (Å²) < 4.78 is 5.38. The van der Waals surface area contributed by atoms with Crippen LogP contribution in [0, 0.1) is 0 Å². The topological polar surface area (TPSA) is 61.0 Å². The first-order chi connectivity index (χ1) is 7.67. The molecule has 0 radical (unpaired) electrons. The Bertz CT molecular complexity index is 315. The molecule has 90 valence electrons.